The van der Waals surface area contributed by atoms with Gasteiger partial charge in [-0.15, -0.1) is 0 Å². The second-order valence-corrected chi connectivity index (χ2v) is 5.33. The third kappa shape index (κ3) is 3.00. The molecular formula is C18H20N2O3. The highest BCUT2D eigenvalue weighted by Crippen LogP contribution is 2.39. The van der Waals surface area contributed by atoms with Crippen molar-refractivity contribution >= 4 is 23.0 Å². The van der Waals surface area contributed by atoms with E-state index in [2.05, 4.69) is 4.90 Å². The molecule has 0 spiro atoms. The first kappa shape index (κ1) is 15.4. The lowest BCUT2D eigenvalue weighted by atomic mass is 10.2. The zero-order valence-electron chi connectivity index (χ0n) is 13.4. The molecule has 0 saturated carbocycles. The summed E-state index contributed by atoms with van der Waals surface area (Å²) in [5.74, 6) is 0.757. The van der Waals surface area contributed by atoms with Gasteiger partial charge in [-0.1, -0.05) is 18.2 Å². The van der Waals surface area contributed by atoms with Crippen LogP contribution in [0.5, 0.6) is 5.75 Å². The van der Waals surface area contributed by atoms with Crippen molar-refractivity contribution in [2.75, 3.05) is 37.3 Å². The fourth-order valence-electron chi connectivity index (χ4n) is 2.82. The summed E-state index contributed by atoms with van der Waals surface area (Å²) in [6.45, 7) is 0.851. The number of benzene rings is 2. The van der Waals surface area contributed by atoms with Gasteiger partial charge in [0.15, 0.2) is 0 Å². The van der Waals surface area contributed by atoms with E-state index in [4.69, 9.17) is 9.47 Å². The number of methoxy groups -OCH3 is 2. The van der Waals surface area contributed by atoms with Gasteiger partial charge in [0.2, 0.25) is 5.91 Å². The van der Waals surface area contributed by atoms with Gasteiger partial charge in [0.05, 0.1) is 18.5 Å². The van der Waals surface area contributed by atoms with Crippen LogP contribution in [0.15, 0.2) is 48.5 Å². The lowest BCUT2D eigenvalue weighted by Crippen LogP contribution is -2.32. The molecule has 0 bridgehead atoms. The minimum atomic E-state index is 0.0415. The second-order valence-electron chi connectivity index (χ2n) is 5.33. The third-order valence-corrected chi connectivity index (χ3v) is 3.94. The predicted octanol–water partition coefficient (Wildman–Crippen LogP) is 3.17. The van der Waals surface area contributed by atoms with E-state index in [-0.39, 0.29) is 12.6 Å². The van der Waals surface area contributed by atoms with E-state index < -0.39 is 0 Å². The van der Waals surface area contributed by atoms with Crippen LogP contribution in [-0.4, -0.2) is 33.4 Å². The number of anilines is 3. The maximum Gasteiger partial charge on any atom is 0.230 e. The molecule has 0 saturated heterocycles. The van der Waals surface area contributed by atoms with Crippen molar-refractivity contribution in [1.29, 1.82) is 0 Å². The van der Waals surface area contributed by atoms with Crippen LogP contribution >= 0.6 is 0 Å². The average Bonchev–Trinajstić information content (AvgIpc) is 2.73. The molecule has 2 aromatic carbocycles. The molecule has 3 rings (SSSR count). The van der Waals surface area contributed by atoms with Gasteiger partial charge in [0.1, 0.15) is 12.5 Å². The SMILES string of the molecule is COCN1C(=O)CCN(c2ccccc2)c2ccc(OC)cc21. The van der Waals surface area contributed by atoms with Crippen LogP contribution in [0.1, 0.15) is 6.42 Å². The standard InChI is InChI=1S/C18H20N2O3/c1-22-13-20-17-12-15(23-2)8-9-16(17)19(11-10-18(20)21)14-6-4-3-5-7-14/h3-9,12H,10-11,13H2,1-2H3. The Morgan fingerprint density at radius 3 is 2.52 bits per heavy atom. The molecule has 0 aliphatic carbocycles. The number of carbonyl (C=O) groups excluding carboxylic acids is 1. The van der Waals surface area contributed by atoms with Crippen LogP contribution in [0.3, 0.4) is 0 Å². The maximum atomic E-state index is 12.5. The first-order chi connectivity index (χ1) is 11.2. The van der Waals surface area contributed by atoms with Gasteiger partial charge < -0.3 is 14.4 Å². The summed E-state index contributed by atoms with van der Waals surface area (Å²) in [5.41, 5.74) is 2.84. The number of nitrogens with zero attached hydrogens (tertiary/aromatic N) is 2. The third-order valence-electron chi connectivity index (χ3n) is 3.94. The molecule has 0 N–H and O–H groups in total. The Hall–Kier alpha value is -2.53. The van der Waals surface area contributed by atoms with Crippen LogP contribution in [0.25, 0.3) is 0 Å². The molecular weight excluding hydrogens is 292 g/mol. The Kier molecular flexibility index (Phi) is 4.48. The predicted molar refractivity (Wildman–Crippen MR) is 90.4 cm³/mol. The van der Waals surface area contributed by atoms with E-state index in [9.17, 15) is 4.79 Å². The maximum absolute atomic E-state index is 12.5. The summed E-state index contributed by atoms with van der Waals surface area (Å²) in [6.07, 6.45) is 0.426. The molecule has 1 heterocycles. The van der Waals surface area contributed by atoms with Crippen LogP contribution < -0.4 is 14.5 Å². The van der Waals surface area contributed by atoms with Gasteiger partial charge in [-0.25, -0.2) is 0 Å². The summed E-state index contributed by atoms with van der Waals surface area (Å²) < 4.78 is 10.6. The molecule has 0 unspecified atom stereocenters. The molecule has 1 amide bonds. The molecule has 0 atom stereocenters. The molecule has 0 fully saturated rings. The van der Waals surface area contributed by atoms with Gasteiger partial charge >= 0.3 is 0 Å². The van der Waals surface area contributed by atoms with Crippen LogP contribution in [-0.2, 0) is 9.53 Å². The Morgan fingerprint density at radius 2 is 1.83 bits per heavy atom. The van der Waals surface area contributed by atoms with E-state index in [0.717, 1.165) is 17.1 Å². The first-order valence-corrected chi connectivity index (χ1v) is 7.54. The van der Waals surface area contributed by atoms with Crippen molar-refractivity contribution < 1.29 is 14.3 Å². The van der Waals surface area contributed by atoms with Crippen LogP contribution in [0, 0.1) is 0 Å². The normalized spacial score (nSPS) is 14.4. The summed E-state index contributed by atoms with van der Waals surface area (Å²) in [5, 5.41) is 0. The molecule has 2 aromatic rings. The van der Waals surface area contributed by atoms with Crippen molar-refractivity contribution in [1.82, 2.24) is 0 Å². The summed E-state index contributed by atoms with van der Waals surface area (Å²) in [7, 11) is 3.21. The van der Waals surface area contributed by atoms with E-state index in [0.29, 0.717) is 18.7 Å². The molecule has 23 heavy (non-hydrogen) atoms. The van der Waals surface area contributed by atoms with Gasteiger partial charge in [0.25, 0.3) is 0 Å². The van der Waals surface area contributed by atoms with Crippen molar-refractivity contribution in [3.63, 3.8) is 0 Å². The number of carbonyl (C=O) groups is 1. The van der Waals surface area contributed by atoms with Gasteiger partial charge in [0, 0.05) is 31.8 Å². The van der Waals surface area contributed by atoms with E-state index in [1.807, 2.05) is 48.5 Å². The monoisotopic (exact) mass is 312 g/mol. The van der Waals surface area contributed by atoms with E-state index >= 15 is 0 Å². The molecule has 1 aliphatic heterocycles. The molecule has 1 aliphatic rings. The number of rotatable bonds is 4. The fraction of sp³-hybridized carbons (Fsp3) is 0.278. The Balaban J connectivity index is 2.12. The van der Waals surface area contributed by atoms with Crippen LogP contribution in [0.4, 0.5) is 17.1 Å². The Bertz CT molecular complexity index is 688. The number of hydrogen-bond acceptors (Lipinski definition) is 4. The van der Waals surface area contributed by atoms with Crippen molar-refractivity contribution in [2.24, 2.45) is 0 Å². The number of ether oxygens (including phenoxy) is 2. The van der Waals surface area contributed by atoms with E-state index in [1.54, 1.807) is 19.1 Å². The average molecular weight is 312 g/mol. The zero-order chi connectivity index (χ0) is 16.2. The first-order valence-electron chi connectivity index (χ1n) is 7.54. The lowest BCUT2D eigenvalue weighted by Gasteiger charge is -2.27. The molecule has 5 heteroatoms. The van der Waals surface area contributed by atoms with Crippen LogP contribution in [0.2, 0.25) is 0 Å². The highest BCUT2D eigenvalue weighted by atomic mass is 16.5. The number of para-hydroxylation sites is 1. The molecule has 0 radical (unpaired) electrons. The number of fused-ring (bicyclic) bond motifs is 1. The highest BCUT2D eigenvalue weighted by Gasteiger charge is 2.27. The topological polar surface area (TPSA) is 42.0 Å². The zero-order valence-corrected chi connectivity index (χ0v) is 13.4. The fourth-order valence-corrected chi connectivity index (χ4v) is 2.82. The summed E-state index contributed by atoms with van der Waals surface area (Å²) >= 11 is 0. The quantitative estimate of drug-likeness (QED) is 0.869. The van der Waals surface area contributed by atoms with Crippen molar-refractivity contribution in [2.45, 2.75) is 6.42 Å². The van der Waals surface area contributed by atoms with Crippen molar-refractivity contribution in [3.8, 4) is 5.75 Å². The van der Waals surface area contributed by atoms with Crippen molar-refractivity contribution in [3.05, 3.63) is 48.5 Å². The molecule has 0 aromatic heterocycles. The second kappa shape index (κ2) is 6.71. The number of hydrogen-bond donors (Lipinski definition) is 0. The largest absolute Gasteiger partial charge is 0.497 e. The highest BCUT2D eigenvalue weighted by molar-refractivity contribution is 5.99. The smallest absolute Gasteiger partial charge is 0.230 e. The van der Waals surface area contributed by atoms with Gasteiger partial charge in [-0.2, -0.15) is 0 Å². The minimum Gasteiger partial charge on any atom is -0.497 e. The summed E-state index contributed by atoms with van der Waals surface area (Å²) in [4.78, 5) is 16.3. The molecule has 5 nitrogen and oxygen atoms in total. The van der Waals surface area contributed by atoms with E-state index in [1.165, 1.54) is 0 Å². The molecule has 120 valence electrons. The Labute approximate surface area is 136 Å². The van der Waals surface area contributed by atoms with Gasteiger partial charge in [-0.05, 0) is 24.3 Å². The lowest BCUT2D eigenvalue weighted by molar-refractivity contribution is -0.119. The van der Waals surface area contributed by atoms with Gasteiger partial charge in [-0.3, -0.25) is 9.69 Å². The summed E-state index contributed by atoms with van der Waals surface area (Å²) in [6, 6.07) is 15.9. The Morgan fingerprint density at radius 1 is 1.04 bits per heavy atom. The minimum absolute atomic E-state index is 0.0415. The number of amides is 1.